The van der Waals surface area contributed by atoms with Gasteiger partial charge in [0, 0.05) is 31.9 Å². The van der Waals surface area contributed by atoms with Crippen molar-refractivity contribution < 1.29 is 4.74 Å². The van der Waals surface area contributed by atoms with Crippen molar-refractivity contribution in [1.29, 1.82) is 0 Å². The predicted molar refractivity (Wildman–Crippen MR) is 69.1 cm³/mol. The van der Waals surface area contributed by atoms with Gasteiger partial charge in [0.25, 0.3) is 0 Å². The van der Waals surface area contributed by atoms with E-state index in [-0.39, 0.29) is 0 Å². The molecule has 4 heteroatoms. The van der Waals surface area contributed by atoms with Crippen LogP contribution in [0.15, 0.2) is 18.3 Å². The SMILES string of the molecule is CCNc1cc(CN2CCOCC2C)ccn1. The molecule has 1 aromatic heterocycles. The second-order valence-electron chi connectivity index (χ2n) is 4.47. The van der Waals surface area contributed by atoms with Gasteiger partial charge in [-0.1, -0.05) is 0 Å². The van der Waals surface area contributed by atoms with Crippen LogP contribution < -0.4 is 5.32 Å². The van der Waals surface area contributed by atoms with Gasteiger partial charge in [-0.2, -0.15) is 0 Å². The van der Waals surface area contributed by atoms with Gasteiger partial charge in [-0.25, -0.2) is 4.98 Å². The highest BCUT2D eigenvalue weighted by Gasteiger charge is 2.18. The molecule has 1 N–H and O–H groups in total. The number of nitrogens with zero attached hydrogens (tertiary/aromatic N) is 2. The fourth-order valence-corrected chi connectivity index (χ4v) is 2.08. The van der Waals surface area contributed by atoms with E-state index in [1.54, 1.807) is 0 Å². The highest BCUT2D eigenvalue weighted by Crippen LogP contribution is 2.13. The molecule has 2 rings (SSSR count). The molecule has 0 bridgehead atoms. The molecule has 0 aromatic carbocycles. The molecule has 0 aliphatic carbocycles. The summed E-state index contributed by atoms with van der Waals surface area (Å²) in [5.74, 6) is 0.964. The normalized spacial score (nSPS) is 21.4. The molecule has 94 valence electrons. The summed E-state index contributed by atoms with van der Waals surface area (Å²) in [5, 5.41) is 3.24. The number of pyridine rings is 1. The van der Waals surface area contributed by atoms with Crippen molar-refractivity contribution in [2.24, 2.45) is 0 Å². The van der Waals surface area contributed by atoms with Gasteiger partial charge in [-0.15, -0.1) is 0 Å². The Hall–Kier alpha value is -1.13. The smallest absolute Gasteiger partial charge is 0.126 e. The summed E-state index contributed by atoms with van der Waals surface area (Å²) in [6.45, 7) is 8.88. The van der Waals surface area contributed by atoms with Crippen LogP contribution in [0.3, 0.4) is 0 Å². The van der Waals surface area contributed by atoms with E-state index in [0.29, 0.717) is 6.04 Å². The Bertz CT molecular complexity index is 356. The Morgan fingerprint density at radius 3 is 3.24 bits per heavy atom. The van der Waals surface area contributed by atoms with Crippen LogP contribution in [0, 0.1) is 0 Å². The number of morpholine rings is 1. The lowest BCUT2D eigenvalue weighted by Crippen LogP contribution is -2.42. The molecular formula is C13H21N3O. The van der Waals surface area contributed by atoms with Crippen molar-refractivity contribution in [3.8, 4) is 0 Å². The zero-order valence-electron chi connectivity index (χ0n) is 10.6. The molecule has 17 heavy (non-hydrogen) atoms. The minimum atomic E-state index is 0.500. The van der Waals surface area contributed by atoms with Crippen molar-refractivity contribution in [1.82, 2.24) is 9.88 Å². The first-order valence-electron chi connectivity index (χ1n) is 6.30. The summed E-state index contributed by atoms with van der Waals surface area (Å²) in [5.41, 5.74) is 1.31. The van der Waals surface area contributed by atoms with Gasteiger partial charge in [0.1, 0.15) is 5.82 Å². The average Bonchev–Trinajstić information content (AvgIpc) is 2.33. The van der Waals surface area contributed by atoms with E-state index in [2.05, 4.69) is 41.2 Å². The van der Waals surface area contributed by atoms with Crippen LogP contribution in [0.25, 0.3) is 0 Å². The van der Waals surface area contributed by atoms with Crippen LogP contribution >= 0.6 is 0 Å². The average molecular weight is 235 g/mol. The number of hydrogen-bond acceptors (Lipinski definition) is 4. The minimum absolute atomic E-state index is 0.500. The third kappa shape index (κ3) is 3.41. The van der Waals surface area contributed by atoms with Crippen LogP contribution in [-0.2, 0) is 11.3 Å². The number of rotatable bonds is 4. The maximum absolute atomic E-state index is 5.45. The molecule has 1 atom stereocenters. The van der Waals surface area contributed by atoms with E-state index in [9.17, 15) is 0 Å². The number of ether oxygens (including phenoxy) is 1. The van der Waals surface area contributed by atoms with E-state index in [4.69, 9.17) is 4.74 Å². The van der Waals surface area contributed by atoms with Gasteiger partial charge >= 0.3 is 0 Å². The molecule has 1 aliphatic heterocycles. The maximum Gasteiger partial charge on any atom is 0.126 e. The summed E-state index contributed by atoms with van der Waals surface area (Å²) >= 11 is 0. The molecule has 0 radical (unpaired) electrons. The molecule has 0 spiro atoms. The van der Waals surface area contributed by atoms with E-state index in [1.807, 2.05) is 6.20 Å². The monoisotopic (exact) mass is 235 g/mol. The van der Waals surface area contributed by atoms with E-state index in [0.717, 1.165) is 38.7 Å². The van der Waals surface area contributed by atoms with E-state index >= 15 is 0 Å². The van der Waals surface area contributed by atoms with Crippen LogP contribution in [-0.4, -0.2) is 42.2 Å². The third-order valence-corrected chi connectivity index (χ3v) is 3.07. The molecule has 0 saturated carbocycles. The third-order valence-electron chi connectivity index (χ3n) is 3.07. The summed E-state index contributed by atoms with van der Waals surface area (Å²) < 4.78 is 5.45. The molecule has 1 aliphatic rings. The molecular weight excluding hydrogens is 214 g/mol. The fraction of sp³-hybridized carbons (Fsp3) is 0.615. The lowest BCUT2D eigenvalue weighted by molar-refractivity contribution is -0.00436. The zero-order chi connectivity index (χ0) is 12.1. The van der Waals surface area contributed by atoms with Crippen molar-refractivity contribution >= 4 is 5.82 Å². The van der Waals surface area contributed by atoms with Gasteiger partial charge in [-0.05, 0) is 31.5 Å². The topological polar surface area (TPSA) is 37.4 Å². The van der Waals surface area contributed by atoms with E-state index < -0.39 is 0 Å². The van der Waals surface area contributed by atoms with Crippen molar-refractivity contribution in [2.45, 2.75) is 26.4 Å². The number of anilines is 1. The lowest BCUT2D eigenvalue weighted by Gasteiger charge is -2.33. The first kappa shape index (κ1) is 12.3. The standard InChI is InChI=1S/C13H21N3O/c1-3-14-13-8-12(4-5-15-13)9-16-6-7-17-10-11(16)2/h4-5,8,11H,3,6-7,9-10H2,1-2H3,(H,14,15). The Morgan fingerprint density at radius 2 is 2.47 bits per heavy atom. The number of nitrogens with one attached hydrogen (secondary N) is 1. The molecule has 1 saturated heterocycles. The summed E-state index contributed by atoms with van der Waals surface area (Å²) in [6, 6.07) is 4.72. The highest BCUT2D eigenvalue weighted by molar-refractivity contribution is 5.37. The van der Waals surface area contributed by atoms with Crippen molar-refractivity contribution in [3.63, 3.8) is 0 Å². The maximum atomic E-state index is 5.45. The Morgan fingerprint density at radius 1 is 1.59 bits per heavy atom. The Balaban J connectivity index is 1.99. The Kier molecular flexibility index (Phi) is 4.34. The largest absolute Gasteiger partial charge is 0.379 e. The van der Waals surface area contributed by atoms with Gasteiger partial charge in [0.2, 0.25) is 0 Å². The lowest BCUT2D eigenvalue weighted by atomic mass is 10.2. The van der Waals surface area contributed by atoms with Gasteiger partial charge in [-0.3, -0.25) is 4.90 Å². The summed E-state index contributed by atoms with van der Waals surface area (Å²) in [7, 11) is 0. The number of hydrogen-bond donors (Lipinski definition) is 1. The molecule has 4 nitrogen and oxygen atoms in total. The Labute approximate surface area is 103 Å². The molecule has 0 amide bonds. The fourth-order valence-electron chi connectivity index (χ4n) is 2.08. The second-order valence-corrected chi connectivity index (χ2v) is 4.47. The highest BCUT2D eigenvalue weighted by atomic mass is 16.5. The molecule has 1 aromatic rings. The minimum Gasteiger partial charge on any atom is -0.379 e. The van der Waals surface area contributed by atoms with Crippen molar-refractivity contribution in [3.05, 3.63) is 23.9 Å². The second kappa shape index (κ2) is 5.98. The molecule has 1 unspecified atom stereocenters. The van der Waals surface area contributed by atoms with Crippen LogP contribution in [0.5, 0.6) is 0 Å². The van der Waals surface area contributed by atoms with Gasteiger partial charge in [0.05, 0.1) is 13.2 Å². The predicted octanol–water partition coefficient (Wildman–Crippen LogP) is 1.73. The molecule has 1 fully saturated rings. The van der Waals surface area contributed by atoms with Gasteiger partial charge in [0.15, 0.2) is 0 Å². The van der Waals surface area contributed by atoms with Crippen LogP contribution in [0.4, 0.5) is 5.82 Å². The summed E-state index contributed by atoms with van der Waals surface area (Å²) in [4.78, 5) is 6.74. The van der Waals surface area contributed by atoms with E-state index in [1.165, 1.54) is 5.56 Å². The zero-order valence-corrected chi connectivity index (χ0v) is 10.6. The van der Waals surface area contributed by atoms with Crippen LogP contribution in [0.1, 0.15) is 19.4 Å². The molecule has 2 heterocycles. The van der Waals surface area contributed by atoms with Crippen molar-refractivity contribution in [2.75, 3.05) is 31.6 Å². The summed E-state index contributed by atoms with van der Waals surface area (Å²) in [6.07, 6.45) is 1.87. The first-order valence-corrected chi connectivity index (χ1v) is 6.30. The van der Waals surface area contributed by atoms with Gasteiger partial charge < -0.3 is 10.1 Å². The quantitative estimate of drug-likeness (QED) is 0.862. The number of aromatic nitrogens is 1. The van der Waals surface area contributed by atoms with Crippen LogP contribution in [0.2, 0.25) is 0 Å². The first-order chi connectivity index (χ1) is 8.29.